The van der Waals surface area contributed by atoms with Crippen LogP contribution in [0.3, 0.4) is 0 Å². The predicted molar refractivity (Wildman–Crippen MR) is 126 cm³/mol. The second-order valence-corrected chi connectivity index (χ2v) is 9.63. The van der Waals surface area contributed by atoms with Gasteiger partial charge >= 0.3 is 0 Å². The lowest BCUT2D eigenvalue weighted by atomic mass is 9.94. The minimum Gasteiger partial charge on any atom is -0.369 e. The first-order chi connectivity index (χ1) is 14.4. The summed E-state index contributed by atoms with van der Waals surface area (Å²) in [7, 11) is 0. The molecule has 1 saturated carbocycles. The van der Waals surface area contributed by atoms with E-state index in [1.165, 1.54) is 34.6 Å². The first-order valence-electron chi connectivity index (χ1n) is 10.0. The van der Waals surface area contributed by atoms with E-state index in [0.29, 0.717) is 11.8 Å². The Hall–Kier alpha value is -2.22. The zero-order valence-corrected chi connectivity index (χ0v) is 19.2. The van der Waals surface area contributed by atoms with E-state index in [4.69, 9.17) is 10.9 Å². The van der Waals surface area contributed by atoms with Gasteiger partial charge in [0.1, 0.15) is 0 Å². The average Bonchev–Trinajstić information content (AvgIpc) is 3.45. The highest BCUT2D eigenvalue weighted by atomic mass is 32.2. The van der Waals surface area contributed by atoms with Gasteiger partial charge in [0.15, 0.2) is 0 Å². The Balaban J connectivity index is 0.000000216. The van der Waals surface area contributed by atoms with Crippen LogP contribution >= 0.6 is 23.3 Å². The number of aromatic nitrogens is 2. The molecule has 0 aliphatic heterocycles. The molecule has 0 saturated heterocycles. The summed E-state index contributed by atoms with van der Waals surface area (Å²) in [5, 5.41) is 7.56. The zero-order valence-electron chi connectivity index (χ0n) is 17.6. The Labute approximate surface area is 186 Å². The summed E-state index contributed by atoms with van der Waals surface area (Å²) < 4.78 is 1.20. The Morgan fingerprint density at radius 1 is 1.30 bits per heavy atom. The average molecular weight is 441 g/mol. The fraction of sp³-hybridized carbons (Fsp3) is 0.348. The molecule has 1 aliphatic rings. The lowest BCUT2D eigenvalue weighted by Gasteiger charge is -2.14. The lowest BCUT2D eigenvalue weighted by molar-refractivity contribution is -0.117. The summed E-state index contributed by atoms with van der Waals surface area (Å²) in [4.78, 5) is 20.0. The lowest BCUT2D eigenvalue weighted by Crippen LogP contribution is -2.16. The summed E-state index contributed by atoms with van der Waals surface area (Å²) in [5.74, 6) is 0.876. The van der Waals surface area contributed by atoms with E-state index >= 15 is 0 Å². The topological polar surface area (TPSA) is 94.9 Å². The van der Waals surface area contributed by atoms with Crippen LogP contribution in [0.4, 0.5) is 0 Å². The Morgan fingerprint density at radius 2 is 2.00 bits per heavy atom. The number of amides is 1. The van der Waals surface area contributed by atoms with Gasteiger partial charge in [-0.25, -0.2) is 0 Å². The molecule has 5 nitrogen and oxygen atoms in total. The molecular formula is C23H28N4OS2. The van der Waals surface area contributed by atoms with E-state index in [1.54, 1.807) is 23.7 Å². The Kier molecular flexibility index (Phi) is 7.64. The smallest absolute Gasteiger partial charge is 0.221 e. The highest BCUT2D eigenvalue weighted by Crippen LogP contribution is 2.42. The Morgan fingerprint density at radius 3 is 2.50 bits per heavy atom. The van der Waals surface area contributed by atoms with Crippen LogP contribution in [0.1, 0.15) is 60.9 Å². The van der Waals surface area contributed by atoms with Crippen molar-refractivity contribution in [2.75, 3.05) is 0 Å². The van der Waals surface area contributed by atoms with Gasteiger partial charge in [-0.1, -0.05) is 13.8 Å². The molecule has 0 atom stereocenters. The van der Waals surface area contributed by atoms with Crippen molar-refractivity contribution in [1.82, 2.24) is 9.97 Å². The van der Waals surface area contributed by atoms with Gasteiger partial charge in [-0.15, -0.1) is 11.3 Å². The van der Waals surface area contributed by atoms with Gasteiger partial charge in [0.25, 0.3) is 0 Å². The van der Waals surface area contributed by atoms with Crippen LogP contribution in [0.2, 0.25) is 0 Å². The van der Waals surface area contributed by atoms with Gasteiger partial charge in [-0.2, -0.15) is 0 Å². The molecule has 1 amide bonds. The second kappa shape index (κ2) is 10.2. The number of carbonyl (C=O) groups is 1. The summed E-state index contributed by atoms with van der Waals surface area (Å²) >= 11 is 3.04. The number of carbonyl (C=O) groups excluding carboxylic acids is 1. The fourth-order valence-corrected chi connectivity index (χ4v) is 4.68. The van der Waals surface area contributed by atoms with E-state index in [0.717, 1.165) is 27.9 Å². The molecular weight excluding hydrogens is 412 g/mol. The van der Waals surface area contributed by atoms with Crippen molar-refractivity contribution < 1.29 is 4.79 Å². The molecule has 4 N–H and O–H groups in total. The van der Waals surface area contributed by atoms with E-state index < -0.39 is 0 Å². The van der Waals surface area contributed by atoms with Crippen molar-refractivity contribution in [2.24, 2.45) is 10.9 Å². The molecule has 1 aliphatic carbocycles. The predicted octanol–water partition coefficient (Wildman–Crippen LogP) is 5.19. The summed E-state index contributed by atoms with van der Waals surface area (Å²) in [6, 6.07) is 6.01. The third-order valence-electron chi connectivity index (χ3n) is 5.18. The van der Waals surface area contributed by atoms with Gasteiger partial charge in [0.2, 0.25) is 5.91 Å². The highest BCUT2D eigenvalue weighted by Gasteiger charge is 2.28. The monoisotopic (exact) mass is 440 g/mol. The summed E-state index contributed by atoms with van der Waals surface area (Å²) in [6.45, 7) is 6.42. The minimum absolute atomic E-state index is 0.256. The van der Waals surface area contributed by atoms with E-state index in [-0.39, 0.29) is 12.3 Å². The highest BCUT2D eigenvalue weighted by molar-refractivity contribution is 7.99. The minimum atomic E-state index is -0.309. The maximum Gasteiger partial charge on any atom is 0.221 e. The largest absolute Gasteiger partial charge is 0.369 e. The quantitative estimate of drug-likeness (QED) is 0.514. The van der Waals surface area contributed by atoms with E-state index in [9.17, 15) is 4.79 Å². The van der Waals surface area contributed by atoms with Crippen molar-refractivity contribution >= 4 is 29.2 Å². The maximum absolute atomic E-state index is 11.4. The summed E-state index contributed by atoms with van der Waals surface area (Å²) in [6.07, 6.45) is 8.00. The molecule has 0 aromatic carbocycles. The number of primary amides is 1. The van der Waals surface area contributed by atoms with Crippen LogP contribution in [0.5, 0.6) is 0 Å². The number of rotatable bonds is 6. The molecule has 30 heavy (non-hydrogen) atoms. The molecule has 4 rings (SSSR count). The Bertz CT molecular complexity index is 998. The van der Waals surface area contributed by atoms with Crippen LogP contribution in [0.25, 0.3) is 11.1 Å². The van der Waals surface area contributed by atoms with Crippen LogP contribution in [-0.2, 0) is 11.2 Å². The van der Waals surface area contributed by atoms with Gasteiger partial charge < -0.3 is 5.73 Å². The molecule has 1 fully saturated rings. The normalized spacial score (nSPS) is 13.1. The van der Waals surface area contributed by atoms with Crippen LogP contribution in [0, 0.1) is 6.92 Å². The van der Waals surface area contributed by atoms with Gasteiger partial charge in [0.05, 0.1) is 10.6 Å². The maximum atomic E-state index is 11.4. The van der Waals surface area contributed by atoms with Crippen molar-refractivity contribution in [3.8, 4) is 11.1 Å². The molecule has 0 bridgehead atoms. The summed E-state index contributed by atoms with van der Waals surface area (Å²) in [5.41, 5.74) is 12.0. The number of nitrogens with zero attached hydrogens (tertiary/aromatic N) is 2. The molecule has 0 unspecified atom stereocenters. The molecule has 0 spiro atoms. The third-order valence-corrected chi connectivity index (χ3v) is 6.85. The number of hydrogen-bond acceptors (Lipinski definition) is 6. The molecule has 3 aromatic rings. The number of thiophene rings is 1. The third kappa shape index (κ3) is 5.68. The molecule has 7 heteroatoms. The van der Waals surface area contributed by atoms with Crippen molar-refractivity contribution in [3.63, 3.8) is 0 Å². The fourth-order valence-electron chi connectivity index (χ4n) is 3.31. The van der Waals surface area contributed by atoms with Gasteiger partial charge in [-0.05, 0) is 83.5 Å². The number of hydrogen-bond donors (Lipinski definition) is 2. The molecule has 0 radical (unpaired) electrons. The zero-order chi connectivity index (χ0) is 21.7. The van der Waals surface area contributed by atoms with Crippen molar-refractivity contribution in [1.29, 1.82) is 0 Å². The number of nitrogens with two attached hydrogens (primary N) is 2. The van der Waals surface area contributed by atoms with Gasteiger partial charge in [0, 0.05) is 35.8 Å². The SMILES string of the molecule is CC(C)c1csc(SN)c1.Cc1c(C2CC2)ncc(-c2ccncc2)c1CC(N)=O. The van der Waals surface area contributed by atoms with Crippen LogP contribution in [-0.4, -0.2) is 15.9 Å². The van der Waals surface area contributed by atoms with Crippen molar-refractivity contribution in [3.05, 3.63) is 64.6 Å². The number of pyridine rings is 2. The van der Waals surface area contributed by atoms with Crippen LogP contribution < -0.4 is 10.9 Å². The van der Waals surface area contributed by atoms with Crippen molar-refractivity contribution in [2.45, 2.75) is 56.1 Å². The standard InChI is InChI=1S/C16H17N3O.C7H11NS2/c1-10-13(8-15(17)20)14(11-4-6-18-7-5-11)9-19-16(10)12-2-3-12;1-5(2)6-3-7(10-8)9-4-6/h4-7,9,12H,2-3,8H2,1H3,(H2,17,20);3-5H,8H2,1-2H3. The molecule has 158 valence electrons. The second-order valence-electron chi connectivity index (χ2n) is 7.79. The first-order valence-corrected chi connectivity index (χ1v) is 11.8. The molecule has 3 aromatic heterocycles. The van der Waals surface area contributed by atoms with E-state index in [2.05, 4.69) is 35.3 Å². The van der Waals surface area contributed by atoms with Gasteiger partial charge in [-0.3, -0.25) is 19.9 Å². The van der Waals surface area contributed by atoms with E-state index in [1.807, 2.05) is 25.3 Å². The van der Waals surface area contributed by atoms with Crippen LogP contribution in [0.15, 0.2) is 46.4 Å². The first kappa shape index (κ1) is 22.5. The molecule has 3 heterocycles.